The molecule has 1 aromatic rings. The summed E-state index contributed by atoms with van der Waals surface area (Å²) in [6.07, 6.45) is 4.71. The monoisotopic (exact) mass is 499 g/mol. The zero-order chi connectivity index (χ0) is 25.7. The smallest absolute Gasteiger partial charge is 0.326 e. The van der Waals surface area contributed by atoms with E-state index in [1.807, 2.05) is 13.8 Å². The van der Waals surface area contributed by atoms with E-state index in [0.29, 0.717) is 25.1 Å². The Morgan fingerprint density at radius 2 is 1.68 bits per heavy atom. The number of aliphatic carboxylic acids is 1. The summed E-state index contributed by atoms with van der Waals surface area (Å²) in [5.74, 6) is -2.83. The number of unbranched alkanes of at least 4 members (excludes halogenated alkanes) is 1. The minimum Gasteiger partial charge on any atom is -0.480 e. The van der Waals surface area contributed by atoms with Gasteiger partial charge in [-0.3, -0.25) is 14.4 Å². The van der Waals surface area contributed by atoms with E-state index in [9.17, 15) is 24.3 Å². The van der Waals surface area contributed by atoms with Gasteiger partial charge in [0.25, 0.3) is 0 Å². The number of carboxylic acid groups (broad SMARTS) is 1. The van der Waals surface area contributed by atoms with Crippen molar-refractivity contribution >= 4 is 36.3 Å². The van der Waals surface area contributed by atoms with Gasteiger partial charge in [-0.25, -0.2) is 9.78 Å². The molecule has 3 amide bonds. The number of carbonyl (C=O) groups excluding carboxylic acids is 3. The number of hydrogen-bond donors (Lipinski definition) is 8. The highest BCUT2D eigenvalue weighted by molar-refractivity contribution is 7.80. The van der Waals surface area contributed by atoms with Crippen molar-refractivity contribution in [3.63, 3.8) is 0 Å². The van der Waals surface area contributed by atoms with Gasteiger partial charge in [0.05, 0.1) is 12.4 Å². The van der Waals surface area contributed by atoms with E-state index in [2.05, 4.69) is 38.5 Å². The number of carboxylic acids is 1. The molecule has 0 aliphatic rings. The predicted octanol–water partition coefficient (Wildman–Crippen LogP) is -1.08. The topological polar surface area (TPSA) is 205 Å². The fraction of sp³-hybridized carbons (Fsp3) is 0.667. The maximum atomic E-state index is 13.1. The lowest BCUT2D eigenvalue weighted by Gasteiger charge is -2.25. The number of nitrogens with one attached hydrogen (secondary N) is 4. The summed E-state index contributed by atoms with van der Waals surface area (Å²) in [5, 5.41) is 17.2. The van der Waals surface area contributed by atoms with Crippen molar-refractivity contribution in [2.75, 3.05) is 12.3 Å². The summed E-state index contributed by atoms with van der Waals surface area (Å²) < 4.78 is 0. The van der Waals surface area contributed by atoms with E-state index < -0.39 is 47.9 Å². The minimum absolute atomic E-state index is 0.0280. The van der Waals surface area contributed by atoms with Gasteiger partial charge in [-0.05, 0) is 38.1 Å². The van der Waals surface area contributed by atoms with Crippen LogP contribution in [-0.2, 0) is 25.6 Å². The summed E-state index contributed by atoms with van der Waals surface area (Å²) in [7, 11) is 0. The second-order valence-electron chi connectivity index (χ2n) is 8.51. The second kappa shape index (κ2) is 15.3. The maximum absolute atomic E-state index is 13.1. The van der Waals surface area contributed by atoms with Gasteiger partial charge in [-0.1, -0.05) is 13.8 Å². The summed E-state index contributed by atoms with van der Waals surface area (Å²) in [4.78, 5) is 56.7. The molecule has 4 atom stereocenters. The Labute approximate surface area is 204 Å². The van der Waals surface area contributed by atoms with Gasteiger partial charge >= 0.3 is 5.97 Å². The van der Waals surface area contributed by atoms with Crippen molar-refractivity contribution in [3.8, 4) is 0 Å². The highest BCUT2D eigenvalue weighted by Gasteiger charge is 2.30. The number of amides is 3. The van der Waals surface area contributed by atoms with Crippen molar-refractivity contribution in [1.29, 1.82) is 0 Å². The first-order valence-corrected chi connectivity index (χ1v) is 11.9. The molecule has 0 fully saturated rings. The Bertz CT molecular complexity index is 790. The van der Waals surface area contributed by atoms with Crippen LogP contribution in [0.4, 0.5) is 0 Å². The number of aromatic nitrogens is 2. The van der Waals surface area contributed by atoms with Crippen LogP contribution in [0.2, 0.25) is 0 Å². The molecule has 0 aromatic carbocycles. The number of carbonyl (C=O) groups is 4. The van der Waals surface area contributed by atoms with Crippen molar-refractivity contribution < 1.29 is 24.3 Å². The van der Waals surface area contributed by atoms with Gasteiger partial charge in [-0.2, -0.15) is 12.6 Å². The first kappa shape index (κ1) is 29.4. The van der Waals surface area contributed by atoms with E-state index in [1.165, 1.54) is 12.5 Å². The summed E-state index contributed by atoms with van der Waals surface area (Å²) in [6, 6.07) is -4.06. The molecule has 0 aliphatic carbocycles. The third-order valence-corrected chi connectivity index (χ3v) is 5.44. The van der Waals surface area contributed by atoms with Crippen LogP contribution in [0.3, 0.4) is 0 Å². The summed E-state index contributed by atoms with van der Waals surface area (Å²) >= 11 is 4.00. The fourth-order valence-electron chi connectivity index (χ4n) is 3.19. The van der Waals surface area contributed by atoms with Crippen LogP contribution in [0, 0.1) is 5.92 Å². The molecule has 12 nitrogen and oxygen atoms in total. The van der Waals surface area contributed by atoms with Crippen LogP contribution >= 0.6 is 12.6 Å². The van der Waals surface area contributed by atoms with E-state index in [1.54, 1.807) is 0 Å². The van der Waals surface area contributed by atoms with Crippen molar-refractivity contribution in [2.24, 2.45) is 17.4 Å². The number of aromatic amines is 1. The molecule has 0 aliphatic heterocycles. The molecule has 0 bridgehead atoms. The number of thiol groups is 1. The van der Waals surface area contributed by atoms with Gasteiger partial charge in [0.2, 0.25) is 17.7 Å². The zero-order valence-electron chi connectivity index (χ0n) is 19.6. The lowest BCUT2D eigenvalue weighted by Crippen LogP contribution is -2.57. The third kappa shape index (κ3) is 10.5. The Balaban J connectivity index is 3.04. The molecule has 4 unspecified atom stereocenters. The molecule has 0 spiro atoms. The van der Waals surface area contributed by atoms with E-state index >= 15 is 0 Å². The maximum Gasteiger partial charge on any atom is 0.326 e. The van der Waals surface area contributed by atoms with Crippen LogP contribution in [0.15, 0.2) is 12.5 Å². The fourth-order valence-corrected chi connectivity index (χ4v) is 3.35. The van der Waals surface area contributed by atoms with Gasteiger partial charge in [0, 0.05) is 24.1 Å². The normalized spacial score (nSPS) is 14.6. The molecule has 9 N–H and O–H groups in total. The minimum atomic E-state index is -1.17. The largest absolute Gasteiger partial charge is 0.480 e. The number of imidazole rings is 1. The number of H-pyrrole nitrogens is 1. The van der Waals surface area contributed by atoms with E-state index in [0.717, 1.165) is 0 Å². The van der Waals surface area contributed by atoms with Gasteiger partial charge in [0.1, 0.15) is 18.1 Å². The highest BCUT2D eigenvalue weighted by Crippen LogP contribution is 2.08. The van der Waals surface area contributed by atoms with Crippen molar-refractivity contribution in [1.82, 2.24) is 25.9 Å². The first-order chi connectivity index (χ1) is 16.1. The molecular weight excluding hydrogens is 462 g/mol. The number of rotatable bonds is 16. The molecule has 13 heteroatoms. The standard InChI is InChI=1S/C21H37N7O5S/c1-12(2)7-17(21(32)33)28-20(31)16(8-13-9-24-11-25-13)27-19(30)15(5-3-4-6-22)26-18(29)14(23)10-34/h9,11-12,14-17,34H,3-8,10,22-23H2,1-2H3,(H,24,25)(H,26,29)(H,27,30)(H,28,31)(H,32,33). The van der Waals surface area contributed by atoms with Gasteiger partial charge in [-0.15, -0.1) is 0 Å². The molecule has 0 radical (unpaired) electrons. The van der Waals surface area contributed by atoms with E-state index in [4.69, 9.17) is 11.5 Å². The van der Waals surface area contributed by atoms with Crippen LogP contribution < -0.4 is 27.4 Å². The average Bonchev–Trinajstić information content (AvgIpc) is 3.29. The molecule has 192 valence electrons. The molecule has 1 aromatic heterocycles. The zero-order valence-corrected chi connectivity index (χ0v) is 20.5. The Kier molecular flexibility index (Phi) is 13.2. The number of hydrogen-bond acceptors (Lipinski definition) is 8. The summed E-state index contributed by atoms with van der Waals surface area (Å²) in [6.45, 7) is 4.11. The highest BCUT2D eigenvalue weighted by atomic mass is 32.1. The Hall–Kier alpha value is -2.64. The Morgan fingerprint density at radius 3 is 2.21 bits per heavy atom. The van der Waals surface area contributed by atoms with Crippen molar-refractivity contribution in [2.45, 2.75) is 70.1 Å². The quantitative estimate of drug-likeness (QED) is 0.103. The second-order valence-corrected chi connectivity index (χ2v) is 8.87. The van der Waals surface area contributed by atoms with Gasteiger partial charge < -0.3 is 37.5 Å². The van der Waals surface area contributed by atoms with Crippen LogP contribution in [-0.4, -0.2) is 75.2 Å². The van der Waals surface area contributed by atoms with E-state index in [-0.39, 0.29) is 30.9 Å². The Morgan fingerprint density at radius 1 is 1.06 bits per heavy atom. The number of nitrogens with two attached hydrogens (primary N) is 2. The molecule has 1 heterocycles. The molecule has 1 rings (SSSR count). The lowest BCUT2D eigenvalue weighted by molar-refractivity contribution is -0.142. The first-order valence-electron chi connectivity index (χ1n) is 11.3. The molecular formula is C21H37N7O5S. The lowest BCUT2D eigenvalue weighted by atomic mass is 10.0. The third-order valence-electron chi connectivity index (χ3n) is 5.05. The van der Waals surface area contributed by atoms with Crippen LogP contribution in [0.1, 0.15) is 45.2 Å². The predicted molar refractivity (Wildman–Crippen MR) is 130 cm³/mol. The van der Waals surface area contributed by atoms with Crippen LogP contribution in [0.25, 0.3) is 0 Å². The SMILES string of the molecule is CC(C)CC(NC(=O)C(Cc1cnc[nH]1)NC(=O)C(CCCCN)NC(=O)C(N)CS)C(=O)O. The summed E-state index contributed by atoms with van der Waals surface area (Å²) in [5.41, 5.74) is 11.8. The molecule has 0 saturated carbocycles. The van der Waals surface area contributed by atoms with Crippen LogP contribution in [0.5, 0.6) is 0 Å². The molecule has 34 heavy (non-hydrogen) atoms. The van der Waals surface area contributed by atoms with Crippen molar-refractivity contribution in [3.05, 3.63) is 18.2 Å². The average molecular weight is 500 g/mol. The molecule has 0 saturated heterocycles. The number of nitrogens with zero attached hydrogens (tertiary/aromatic N) is 1. The van der Waals surface area contributed by atoms with Gasteiger partial charge in [0.15, 0.2) is 0 Å².